The minimum Gasteiger partial charge on any atom is -0.298 e. The van der Waals surface area contributed by atoms with Crippen molar-refractivity contribution in [2.45, 2.75) is 0 Å². The number of carbonyl (C=O) groups excluding carboxylic acids is 3. The van der Waals surface area contributed by atoms with Crippen LogP contribution in [0.5, 0.6) is 0 Å². The molecule has 3 amide bonds. The molecule has 0 bridgehead atoms. The standard InChI is InChI=1S/C24H14BrN3O3S/c25-16-5-3-4-15(12-16)20-13-32-24(26-20)27-21(29)14-8-10-17(11-9-14)28-22(30)18-6-1-2-7-19(18)23(28)31/h1-13H,(H,26,27,29). The smallest absolute Gasteiger partial charge is 0.266 e. The van der Waals surface area contributed by atoms with Crippen LogP contribution in [0.1, 0.15) is 31.1 Å². The molecule has 3 aromatic carbocycles. The molecule has 1 aliphatic rings. The highest BCUT2D eigenvalue weighted by atomic mass is 79.9. The summed E-state index contributed by atoms with van der Waals surface area (Å²) in [5.74, 6) is -1.06. The average Bonchev–Trinajstić information content (AvgIpc) is 3.37. The van der Waals surface area contributed by atoms with Crippen LogP contribution in [0, 0.1) is 0 Å². The van der Waals surface area contributed by atoms with Crippen molar-refractivity contribution in [3.63, 3.8) is 0 Å². The van der Waals surface area contributed by atoms with E-state index < -0.39 is 0 Å². The highest BCUT2D eigenvalue weighted by molar-refractivity contribution is 9.10. The van der Waals surface area contributed by atoms with E-state index in [1.165, 1.54) is 11.3 Å². The first kappa shape index (κ1) is 20.3. The fourth-order valence-electron chi connectivity index (χ4n) is 3.47. The van der Waals surface area contributed by atoms with Crippen LogP contribution in [0.3, 0.4) is 0 Å². The molecule has 2 heterocycles. The topological polar surface area (TPSA) is 79.4 Å². The van der Waals surface area contributed by atoms with Gasteiger partial charge in [-0.2, -0.15) is 0 Å². The Morgan fingerprint density at radius 1 is 0.906 bits per heavy atom. The van der Waals surface area contributed by atoms with Gasteiger partial charge in [-0.1, -0.05) is 40.2 Å². The summed E-state index contributed by atoms with van der Waals surface area (Å²) in [6, 6.07) is 20.8. The van der Waals surface area contributed by atoms with E-state index in [0.717, 1.165) is 20.6 Å². The summed E-state index contributed by atoms with van der Waals surface area (Å²) in [7, 11) is 0. The van der Waals surface area contributed by atoms with Gasteiger partial charge in [0.15, 0.2) is 5.13 Å². The number of hydrogen-bond donors (Lipinski definition) is 1. The van der Waals surface area contributed by atoms with E-state index in [9.17, 15) is 14.4 Å². The molecule has 0 saturated heterocycles. The Kier molecular flexibility index (Phi) is 5.16. The minimum absolute atomic E-state index is 0.325. The summed E-state index contributed by atoms with van der Waals surface area (Å²) < 4.78 is 0.951. The van der Waals surface area contributed by atoms with Crippen LogP contribution >= 0.6 is 27.3 Å². The van der Waals surface area contributed by atoms with Gasteiger partial charge in [0, 0.05) is 21.0 Å². The summed E-state index contributed by atoms with van der Waals surface area (Å²) in [5.41, 5.74) is 3.28. The number of carbonyl (C=O) groups is 3. The molecule has 4 aromatic rings. The van der Waals surface area contributed by atoms with Crippen LogP contribution in [0.15, 0.2) is 82.6 Å². The molecule has 156 valence electrons. The number of nitrogens with one attached hydrogen (secondary N) is 1. The van der Waals surface area contributed by atoms with Crippen LogP contribution in [-0.2, 0) is 0 Å². The number of aromatic nitrogens is 1. The molecule has 0 aliphatic carbocycles. The van der Waals surface area contributed by atoms with Crippen molar-refractivity contribution in [1.82, 2.24) is 4.98 Å². The predicted molar refractivity (Wildman–Crippen MR) is 127 cm³/mol. The highest BCUT2D eigenvalue weighted by Crippen LogP contribution is 2.29. The van der Waals surface area contributed by atoms with Gasteiger partial charge in [-0.15, -0.1) is 11.3 Å². The van der Waals surface area contributed by atoms with Gasteiger partial charge in [0.2, 0.25) is 0 Å². The zero-order valence-corrected chi connectivity index (χ0v) is 18.8. The molecule has 0 radical (unpaired) electrons. The van der Waals surface area contributed by atoms with Crippen molar-refractivity contribution >= 4 is 55.8 Å². The van der Waals surface area contributed by atoms with Gasteiger partial charge < -0.3 is 0 Å². The molecule has 1 N–H and O–H groups in total. The van der Waals surface area contributed by atoms with Gasteiger partial charge >= 0.3 is 0 Å². The SMILES string of the molecule is O=C(Nc1nc(-c2cccc(Br)c2)cs1)c1ccc(N2C(=O)c3ccccc3C2=O)cc1. The lowest BCUT2D eigenvalue weighted by molar-refractivity contribution is 0.0925. The summed E-state index contributed by atoms with van der Waals surface area (Å²) in [6.07, 6.45) is 0. The molecule has 1 aliphatic heterocycles. The fraction of sp³-hybridized carbons (Fsp3) is 0. The van der Waals surface area contributed by atoms with E-state index in [2.05, 4.69) is 26.2 Å². The van der Waals surface area contributed by atoms with Crippen LogP contribution in [0.4, 0.5) is 10.8 Å². The Labute approximate surface area is 195 Å². The van der Waals surface area contributed by atoms with E-state index >= 15 is 0 Å². The molecular formula is C24H14BrN3O3S. The number of nitrogens with zero attached hydrogens (tertiary/aromatic N) is 2. The van der Waals surface area contributed by atoms with Crippen molar-refractivity contribution in [2.24, 2.45) is 0 Å². The first-order chi connectivity index (χ1) is 15.5. The third-order valence-corrected chi connectivity index (χ3v) is 6.28. The number of imide groups is 1. The molecule has 0 unspecified atom stereocenters. The van der Waals surface area contributed by atoms with Crippen molar-refractivity contribution < 1.29 is 14.4 Å². The first-order valence-electron chi connectivity index (χ1n) is 9.62. The number of hydrogen-bond acceptors (Lipinski definition) is 5. The fourth-order valence-corrected chi connectivity index (χ4v) is 4.58. The third-order valence-electron chi connectivity index (χ3n) is 5.03. The van der Waals surface area contributed by atoms with E-state index in [1.807, 2.05) is 29.6 Å². The molecule has 0 spiro atoms. The Hall–Kier alpha value is -3.62. The number of thiazole rings is 1. The van der Waals surface area contributed by atoms with Gasteiger partial charge in [0.1, 0.15) is 0 Å². The van der Waals surface area contributed by atoms with E-state index in [0.29, 0.717) is 27.5 Å². The number of amides is 3. The second kappa shape index (κ2) is 8.14. The number of anilines is 2. The lowest BCUT2D eigenvalue weighted by Crippen LogP contribution is -2.29. The van der Waals surface area contributed by atoms with Crippen molar-refractivity contribution in [3.05, 3.63) is 99.3 Å². The normalized spacial score (nSPS) is 12.7. The quantitative estimate of drug-likeness (QED) is 0.366. The van der Waals surface area contributed by atoms with Crippen molar-refractivity contribution in [3.8, 4) is 11.3 Å². The third kappa shape index (κ3) is 3.63. The average molecular weight is 504 g/mol. The van der Waals surface area contributed by atoms with Gasteiger partial charge in [-0.3, -0.25) is 19.7 Å². The highest BCUT2D eigenvalue weighted by Gasteiger charge is 2.36. The zero-order chi connectivity index (χ0) is 22.2. The number of benzene rings is 3. The van der Waals surface area contributed by atoms with Gasteiger partial charge in [-0.05, 0) is 48.5 Å². The van der Waals surface area contributed by atoms with Gasteiger partial charge in [-0.25, -0.2) is 9.88 Å². The lowest BCUT2D eigenvalue weighted by atomic mass is 10.1. The molecule has 6 nitrogen and oxygen atoms in total. The maximum Gasteiger partial charge on any atom is 0.266 e. The molecule has 8 heteroatoms. The summed E-state index contributed by atoms with van der Waals surface area (Å²) in [4.78, 5) is 43.5. The molecule has 32 heavy (non-hydrogen) atoms. The Bertz CT molecular complexity index is 1350. The monoisotopic (exact) mass is 503 g/mol. The first-order valence-corrected chi connectivity index (χ1v) is 11.3. The molecule has 5 rings (SSSR count). The largest absolute Gasteiger partial charge is 0.298 e. The second-order valence-corrected chi connectivity index (χ2v) is 8.81. The van der Waals surface area contributed by atoms with Crippen LogP contribution in [-0.4, -0.2) is 22.7 Å². The summed E-state index contributed by atoms with van der Waals surface area (Å²) >= 11 is 4.78. The maximum absolute atomic E-state index is 12.7. The maximum atomic E-state index is 12.7. The molecule has 0 fully saturated rings. The predicted octanol–water partition coefficient (Wildman–Crippen LogP) is 5.63. The van der Waals surface area contributed by atoms with E-state index in [-0.39, 0.29) is 17.7 Å². The van der Waals surface area contributed by atoms with Crippen LogP contribution in [0.2, 0.25) is 0 Å². The van der Waals surface area contributed by atoms with Crippen LogP contribution < -0.4 is 10.2 Å². The zero-order valence-electron chi connectivity index (χ0n) is 16.4. The molecule has 1 aromatic heterocycles. The van der Waals surface area contributed by atoms with E-state index in [1.54, 1.807) is 48.5 Å². The minimum atomic E-state index is -0.370. The summed E-state index contributed by atoms with van der Waals surface area (Å²) in [6.45, 7) is 0. The van der Waals surface area contributed by atoms with Crippen LogP contribution in [0.25, 0.3) is 11.3 Å². The number of fused-ring (bicyclic) bond motifs is 1. The number of halogens is 1. The molecule has 0 atom stereocenters. The van der Waals surface area contributed by atoms with Gasteiger partial charge in [0.05, 0.1) is 22.5 Å². The molecule has 0 saturated carbocycles. The molecular weight excluding hydrogens is 490 g/mol. The van der Waals surface area contributed by atoms with Crippen molar-refractivity contribution in [2.75, 3.05) is 10.2 Å². The number of rotatable bonds is 4. The Morgan fingerprint density at radius 3 is 2.25 bits per heavy atom. The second-order valence-electron chi connectivity index (χ2n) is 7.04. The Balaban J connectivity index is 1.31. The summed E-state index contributed by atoms with van der Waals surface area (Å²) in [5, 5.41) is 5.15. The van der Waals surface area contributed by atoms with E-state index in [4.69, 9.17) is 0 Å². The van der Waals surface area contributed by atoms with Crippen molar-refractivity contribution in [1.29, 1.82) is 0 Å². The lowest BCUT2D eigenvalue weighted by Gasteiger charge is -2.14. The Morgan fingerprint density at radius 2 is 1.59 bits per heavy atom. The van der Waals surface area contributed by atoms with Gasteiger partial charge in [0.25, 0.3) is 17.7 Å².